The molecule has 1 aromatic rings. The van der Waals surface area contributed by atoms with Crippen molar-refractivity contribution in [3.63, 3.8) is 0 Å². The van der Waals surface area contributed by atoms with Crippen LogP contribution in [0.25, 0.3) is 0 Å². The van der Waals surface area contributed by atoms with Crippen molar-refractivity contribution in [1.29, 1.82) is 0 Å². The van der Waals surface area contributed by atoms with Crippen molar-refractivity contribution in [1.82, 2.24) is 0 Å². The Morgan fingerprint density at radius 2 is 2.15 bits per heavy atom. The predicted octanol–water partition coefficient (Wildman–Crippen LogP) is 2.68. The number of halogens is 2. The number of phenolic OH excluding ortho intramolecular Hbond substituents is 1. The highest BCUT2D eigenvalue weighted by Gasteiger charge is 2.05. The molecule has 0 saturated carbocycles. The summed E-state index contributed by atoms with van der Waals surface area (Å²) in [6, 6.07) is 2.98. The molecule has 3 nitrogen and oxygen atoms in total. The fourth-order valence-electron chi connectivity index (χ4n) is 0.794. The van der Waals surface area contributed by atoms with Gasteiger partial charge in [-0.2, -0.15) is 0 Å². The molecule has 0 heterocycles. The summed E-state index contributed by atoms with van der Waals surface area (Å²) >= 11 is 11.4. The van der Waals surface area contributed by atoms with E-state index in [-0.39, 0.29) is 10.8 Å². The standard InChI is InChI=1S/C8H7Cl2NO2/c1-13-11-4-5-2-6(9)3-7(10)8(5)12/h2-4,12H,1H3/b11-4+. The van der Waals surface area contributed by atoms with Crippen molar-refractivity contribution in [2.75, 3.05) is 7.11 Å². The molecule has 0 fully saturated rings. The Morgan fingerprint density at radius 3 is 2.77 bits per heavy atom. The molecule has 0 unspecified atom stereocenters. The maximum atomic E-state index is 9.41. The van der Waals surface area contributed by atoms with Gasteiger partial charge in [0.15, 0.2) is 0 Å². The van der Waals surface area contributed by atoms with Crippen molar-refractivity contribution < 1.29 is 9.94 Å². The van der Waals surface area contributed by atoms with Crippen molar-refractivity contribution in [2.24, 2.45) is 5.16 Å². The third kappa shape index (κ3) is 2.50. The minimum absolute atomic E-state index is 0.0631. The van der Waals surface area contributed by atoms with Crippen LogP contribution in [-0.4, -0.2) is 18.4 Å². The van der Waals surface area contributed by atoms with E-state index >= 15 is 0 Å². The number of aromatic hydroxyl groups is 1. The maximum Gasteiger partial charge on any atom is 0.143 e. The van der Waals surface area contributed by atoms with Gasteiger partial charge in [0.2, 0.25) is 0 Å². The highest BCUT2D eigenvalue weighted by Crippen LogP contribution is 2.29. The Hall–Kier alpha value is -0.930. The van der Waals surface area contributed by atoms with E-state index in [9.17, 15) is 5.11 Å². The average Bonchev–Trinajstić information content (AvgIpc) is 2.09. The van der Waals surface area contributed by atoms with Crippen molar-refractivity contribution in [2.45, 2.75) is 0 Å². The maximum absolute atomic E-state index is 9.41. The number of nitrogens with zero attached hydrogens (tertiary/aromatic N) is 1. The summed E-state index contributed by atoms with van der Waals surface area (Å²) in [4.78, 5) is 4.45. The summed E-state index contributed by atoms with van der Waals surface area (Å²) in [5, 5.41) is 13.5. The van der Waals surface area contributed by atoms with Crippen molar-refractivity contribution in [3.8, 4) is 5.75 Å². The molecule has 0 atom stereocenters. The first kappa shape index (κ1) is 10.2. The Kier molecular flexibility index (Phi) is 3.39. The van der Waals surface area contributed by atoms with Gasteiger partial charge >= 0.3 is 0 Å². The topological polar surface area (TPSA) is 41.8 Å². The SMILES string of the molecule is CO/N=C/c1cc(Cl)cc(Cl)c1O. The first-order chi connectivity index (χ1) is 6.15. The zero-order valence-electron chi connectivity index (χ0n) is 6.79. The summed E-state index contributed by atoms with van der Waals surface area (Å²) in [5.74, 6) is -0.0631. The van der Waals surface area contributed by atoms with Crippen LogP contribution in [0.15, 0.2) is 17.3 Å². The average molecular weight is 220 g/mol. The van der Waals surface area contributed by atoms with Gasteiger partial charge in [0.25, 0.3) is 0 Å². The first-order valence-corrected chi connectivity index (χ1v) is 4.15. The van der Waals surface area contributed by atoms with E-state index in [1.54, 1.807) is 0 Å². The third-order valence-electron chi connectivity index (χ3n) is 1.35. The van der Waals surface area contributed by atoms with Gasteiger partial charge in [0.1, 0.15) is 12.9 Å². The number of rotatable bonds is 2. The van der Waals surface area contributed by atoms with Gasteiger partial charge in [-0.05, 0) is 12.1 Å². The van der Waals surface area contributed by atoms with E-state index in [1.165, 1.54) is 25.5 Å². The van der Waals surface area contributed by atoms with Crippen molar-refractivity contribution >= 4 is 29.4 Å². The van der Waals surface area contributed by atoms with Crippen LogP contribution in [-0.2, 0) is 4.84 Å². The van der Waals surface area contributed by atoms with Gasteiger partial charge in [-0.15, -0.1) is 0 Å². The van der Waals surface area contributed by atoms with Crippen LogP contribution < -0.4 is 0 Å². The Balaban J connectivity index is 3.12. The summed E-state index contributed by atoms with van der Waals surface area (Å²) < 4.78 is 0. The van der Waals surface area contributed by atoms with E-state index in [4.69, 9.17) is 23.2 Å². The molecule has 0 aliphatic carbocycles. The van der Waals surface area contributed by atoms with Crippen LogP contribution in [0.5, 0.6) is 5.75 Å². The molecule has 0 spiro atoms. The second-order valence-electron chi connectivity index (χ2n) is 2.24. The van der Waals surface area contributed by atoms with E-state index < -0.39 is 0 Å². The number of hydrogen-bond acceptors (Lipinski definition) is 3. The summed E-state index contributed by atoms with van der Waals surface area (Å²) in [6.07, 6.45) is 1.33. The second kappa shape index (κ2) is 4.35. The molecule has 1 N–H and O–H groups in total. The van der Waals surface area contributed by atoms with Gasteiger partial charge in [-0.3, -0.25) is 0 Å². The molecule has 70 valence electrons. The minimum Gasteiger partial charge on any atom is -0.506 e. The zero-order valence-corrected chi connectivity index (χ0v) is 8.30. The van der Waals surface area contributed by atoms with E-state index in [2.05, 4.69) is 9.99 Å². The van der Waals surface area contributed by atoms with Crippen LogP contribution >= 0.6 is 23.2 Å². The lowest BCUT2D eigenvalue weighted by Crippen LogP contribution is -1.84. The summed E-state index contributed by atoms with van der Waals surface area (Å²) in [7, 11) is 1.40. The number of benzene rings is 1. The molecule has 0 aromatic heterocycles. The second-order valence-corrected chi connectivity index (χ2v) is 3.09. The van der Waals surface area contributed by atoms with Gasteiger partial charge in [0.05, 0.1) is 11.2 Å². The fraction of sp³-hybridized carbons (Fsp3) is 0.125. The van der Waals surface area contributed by atoms with Crippen LogP contribution in [0.1, 0.15) is 5.56 Å². The molecule has 5 heteroatoms. The number of phenols is 1. The predicted molar refractivity (Wildman–Crippen MR) is 52.7 cm³/mol. The lowest BCUT2D eigenvalue weighted by Gasteiger charge is -2.01. The Morgan fingerprint density at radius 1 is 1.46 bits per heavy atom. The normalized spacial score (nSPS) is 10.7. The quantitative estimate of drug-likeness (QED) is 0.614. The molecule has 0 amide bonds. The molecule has 0 saturated heterocycles. The van der Waals surface area contributed by atoms with Crippen LogP contribution in [0, 0.1) is 0 Å². The molecule has 0 aliphatic rings. The molecule has 13 heavy (non-hydrogen) atoms. The third-order valence-corrected chi connectivity index (χ3v) is 1.86. The van der Waals surface area contributed by atoms with Crippen molar-refractivity contribution in [3.05, 3.63) is 27.7 Å². The van der Waals surface area contributed by atoms with E-state index in [0.717, 1.165) is 0 Å². The van der Waals surface area contributed by atoms with Gasteiger partial charge in [-0.1, -0.05) is 28.4 Å². The largest absolute Gasteiger partial charge is 0.506 e. The monoisotopic (exact) mass is 219 g/mol. The molecule has 0 bridgehead atoms. The Labute approximate surface area is 85.5 Å². The molecule has 1 aromatic carbocycles. The van der Waals surface area contributed by atoms with Crippen LogP contribution in [0.2, 0.25) is 10.0 Å². The van der Waals surface area contributed by atoms with E-state index in [0.29, 0.717) is 10.6 Å². The summed E-state index contributed by atoms with van der Waals surface area (Å²) in [5.41, 5.74) is 0.416. The van der Waals surface area contributed by atoms with Crippen LogP contribution in [0.4, 0.5) is 0 Å². The first-order valence-electron chi connectivity index (χ1n) is 3.39. The van der Waals surface area contributed by atoms with Gasteiger partial charge in [0, 0.05) is 10.6 Å². The highest BCUT2D eigenvalue weighted by molar-refractivity contribution is 6.36. The van der Waals surface area contributed by atoms with Gasteiger partial charge < -0.3 is 9.94 Å². The fourth-order valence-corrected chi connectivity index (χ4v) is 1.30. The zero-order chi connectivity index (χ0) is 9.84. The lowest BCUT2D eigenvalue weighted by atomic mass is 10.2. The molecule has 0 aliphatic heterocycles. The van der Waals surface area contributed by atoms with E-state index in [1.807, 2.05) is 0 Å². The Bertz CT molecular complexity index is 339. The molecule has 0 radical (unpaired) electrons. The molecule has 1 rings (SSSR count). The smallest absolute Gasteiger partial charge is 0.143 e. The van der Waals surface area contributed by atoms with Gasteiger partial charge in [-0.25, -0.2) is 0 Å². The summed E-state index contributed by atoms with van der Waals surface area (Å²) in [6.45, 7) is 0. The minimum atomic E-state index is -0.0631. The number of hydrogen-bond donors (Lipinski definition) is 1. The number of oxime groups is 1. The molecular formula is C8H7Cl2NO2. The lowest BCUT2D eigenvalue weighted by molar-refractivity contribution is 0.215. The highest BCUT2D eigenvalue weighted by atomic mass is 35.5. The van der Waals surface area contributed by atoms with Crippen LogP contribution in [0.3, 0.4) is 0 Å². The molecular weight excluding hydrogens is 213 g/mol.